The van der Waals surface area contributed by atoms with Crippen molar-refractivity contribution in [2.24, 2.45) is 45.3 Å². The number of hydrogen-bond donors (Lipinski definition) is 0. The predicted molar refractivity (Wildman–Crippen MR) is 147 cm³/mol. The first-order chi connectivity index (χ1) is 16.2. The summed E-state index contributed by atoms with van der Waals surface area (Å²) < 4.78 is 5.95. The Morgan fingerprint density at radius 3 is 2.37 bits per heavy atom. The Morgan fingerprint density at radius 2 is 1.74 bits per heavy atom. The highest BCUT2D eigenvalue weighted by Gasteiger charge is 2.63. The Hall–Kier alpha value is -1.31. The molecule has 0 radical (unpaired) electrons. The van der Waals surface area contributed by atoms with Gasteiger partial charge in [0.05, 0.1) is 0 Å². The second-order valence-corrected chi connectivity index (χ2v) is 14.3. The van der Waals surface area contributed by atoms with Crippen LogP contribution < -0.4 is 0 Å². The molecule has 2 nitrogen and oxygen atoms in total. The van der Waals surface area contributed by atoms with Crippen LogP contribution in [-0.4, -0.2) is 12.1 Å². The number of fused-ring (bicyclic) bond motifs is 5. The SMILES string of the molecule is CC(=O)O[C@@H](CC=C(C)C)[C@@H](C)[C@H]1CC[C@@]2(C)C3=CC[C@H]4C(C)(C)[C@H](C)CC[C@]4(C)C3=CC[C@]12C. The largest absolute Gasteiger partial charge is 0.462 e. The highest BCUT2D eigenvalue weighted by molar-refractivity contribution is 5.66. The maximum absolute atomic E-state index is 12.0. The average Bonchev–Trinajstić information content (AvgIpc) is 3.05. The van der Waals surface area contributed by atoms with Gasteiger partial charge in [-0.05, 0) is 109 Å². The van der Waals surface area contributed by atoms with Crippen LogP contribution in [0.5, 0.6) is 0 Å². The van der Waals surface area contributed by atoms with Crippen molar-refractivity contribution in [1.29, 1.82) is 0 Å². The van der Waals surface area contributed by atoms with E-state index in [4.69, 9.17) is 4.74 Å². The summed E-state index contributed by atoms with van der Waals surface area (Å²) in [6, 6.07) is 0. The molecule has 0 saturated heterocycles. The van der Waals surface area contributed by atoms with Gasteiger partial charge in [-0.1, -0.05) is 72.3 Å². The van der Waals surface area contributed by atoms with E-state index in [-0.39, 0.29) is 22.9 Å². The summed E-state index contributed by atoms with van der Waals surface area (Å²) in [6.45, 7) is 23.5. The van der Waals surface area contributed by atoms with Crippen LogP contribution in [-0.2, 0) is 9.53 Å². The van der Waals surface area contributed by atoms with Gasteiger partial charge in [0.2, 0.25) is 0 Å². The van der Waals surface area contributed by atoms with Gasteiger partial charge in [0, 0.05) is 13.3 Å². The molecule has 35 heavy (non-hydrogen) atoms. The first-order valence-electron chi connectivity index (χ1n) is 14.4. The maximum atomic E-state index is 12.0. The molecule has 0 aromatic carbocycles. The van der Waals surface area contributed by atoms with E-state index in [1.165, 1.54) is 37.7 Å². The maximum Gasteiger partial charge on any atom is 0.302 e. The topological polar surface area (TPSA) is 26.3 Å². The zero-order valence-electron chi connectivity index (χ0n) is 24.4. The molecule has 2 fully saturated rings. The molecule has 0 heterocycles. The number of carbonyl (C=O) groups is 1. The predicted octanol–water partition coefficient (Wildman–Crippen LogP) is 9.07. The van der Waals surface area contributed by atoms with Gasteiger partial charge in [0.25, 0.3) is 0 Å². The second-order valence-electron chi connectivity index (χ2n) is 14.3. The van der Waals surface area contributed by atoms with Gasteiger partial charge in [-0.2, -0.15) is 0 Å². The Balaban J connectivity index is 1.69. The van der Waals surface area contributed by atoms with E-state index < -0.39 is 0 Å². The Morgan fingerprint density at radius 1 is 1.06 bits per heavy atom. The Kier molecular flexibility index (Phi) is 6.81. The third-order valence-electron chi connectivity index (χ3n) is 12.2. The number of carbonyl (C=O) groups excluding carboxylic acids is 1. The fourth-order valence-corrected chi connectivity index (χ4v) is 9.26. The van der Waals surface area contributed by atoms with Crippen molar-refractivity contribution in [3.05, 3.63) is 34.9 Å². The monoisotopic (exact) mass is 480 g/mol. The van der Waals surface area contributed by atoms with Gasteiger partial charge in [-0.25, -0.2) is 0 Å². The Bertz CT molecular complexity index is 946. The van der Waals surface area contributed by atoms with Crippen molar-refractivity contribution in [3.8, 4) is 0 Å². The molecule has 0 aromatic heterocycles. The average molecular weight is 481 g/mol. The van der Waals surface area contributed by atoms with Crippen LogP contribution >= 0.6 is 0 Å². The van der Waals surface area contributed by atoms with E-state index in [2.05, 4.69) is 80.5 Å². The minimum absolute atomic E-state index is 0.0418. The minimum Gasteiger partial charge on any atom is -0.462 e. The highest BCUT2D eigenvalue weighted by Crippen LogP contribution is 2.72. The molecule has 0 amide bonds. The fourth-order valence-electron chi connectivity index (χ4n) is 9.26. The van der Waals surface area contributed by atoms with E-state index in [0.717, 1.165) is 24.7 Å². The quantitative estimate of drug-likeness (QED) is 0.290. The first-order valence-corrected chi connectivity index (χ1v) is 14.4. The van der Waals surface area contributed by atoms with Crippen LogP contribution in [0.2, 0.25) is 0 Å². The molecule has 0 N–H and O–H groups in total. The highest BCUT2D eigenvalue weighted by atomic mass is 16.5. The van der Waals surface area contributed by atoms with Gasteiger partial charge in [-0.3, -0.25) is 4.79 Å². The van der Waals surface area contributed by atoms with E-state index in [1.807, 2.05) is 0 Å². The molecule has 0 aromatic rings. The summed E-state index contributed by atoms with van der Waals surface area (Å²) in [5, 5.41) is 0. The van der Waals surface area contributed by atoms with Crippen LogP contribution in [0.15, 0.2) is 34.9 Å². The van der Waals surface area contributed by atoms with Crippen molar-refractivity contribution < 1.29 is 9.53 Å². The summed E-state index contributed by atoms with van der Waals surface area (Å²) in [5.74, 6) is 2.27. The molecule has 0 bridgehead atoms. The lowest BCUT2D eigenvalue weighted by molar-refractivity contribution is -0.151. The van der Waals surface area contributed by atoms with E-state index >= 15 is 0 Å². The lowest BCUT2D eigenvalue weighted by atomic mass is 9.43. The van der Waals surface area contributed by atoms with Crippen molar-refractivity contribution in [2.75, 3.05) is 0 Å². The molecule has 8 atom stereocenters. The van der Waals surface area contributed by atoms with Gasteiger partial charge >= 0.3 is 5.97 Å². The summed E-state index contributed by atoms with van der Waals surface area (Å²) in [4.78, 5) is 12.0. The molecule has 4 aliphatic carbocycles. The van der Waals surface area contributed by atoms with Gasteiger partial charge in [-0.15, -0.1) is 0 Å². The molecule has 2 saturated carbocycles. The minimum atomic E-state index is -0.149. The van der Waals surface area contributed by atoms with E-state index in [0.29, 0.717) is 22.7 Å². The third-order valence-corrected chi connectivity index (χ3v) is 12.2. The molecule has 0 aliphatic heterocycles. The number of rotatable bonds is 5. The second kappa shape index (κ2) is 8.91. The summed E-state index contributed by atoms with van der Waals surface area (Å²) in [6.07, 6.45) is 15.9. The summed E-state index contributed by atoms with van der Waals surface area (Å²) in [7, 11) is 0. The van der Waals surface area contributed by atoms with E-state index in [1.54, 1.807) is 18.1 Å². The number of hydrogen-bond acceptors (Lipinski definition) is 2. The molecule has 196 valence electrons. The Labute approximate surface area is 216 Å². The normalized spacial score (nSPS) is 41.4. The zero-order chi connectivity index (χ0) is 26.0. The summed E-state index contributed by atoms with van der Waals surface area (Å²) >= 11 is 0. The van der Waals surface area contributed by atoms with Gasteiger partial charge < -0.3 is 4.74 Å². The van der Waals surface area contributed by atoms with Crippen LogP contribution in [0.4, 0.5) is 0 Å². The van der Waals surface area contributed by atoms with Crippen molar-refractivity contribution in [1.82, 2.24) is 0 Å². The van der Waals surface area contributed by atoms with Crippen LogP contribution in [0, 0.1) is 45.3 Å². The smallest absolute Gasteiger partial charge is 0.302 e. The third kappa shape index (κ3) is 4.00. The lowest BCUT2D eigenvalue weighted by Gasteiger charge is -2.61. The zero-order valence-corrected chi connectivity index (χ0v) is 24.4. The van der Waals surface area contributed by atoms with Gasteiger partial charge in [0.1, 0.15) is 6.10 Å². The molecule has 0 unspecified atom stereocenters. The molecule has 4 rings (SSSR count). The summed E-state index contributed by atoms with van der Waals surface area (Å²) in [5.41, 5.74) is 5.76. The van der Waals surface area contributed by atoms with E-state index in [9.17, 15) is 4.79 Å². The number of esters is 1. The molecule has 2 heteroatoms. The number of ether oxygens (including phenoxy) is 1. The van der Waals surface area contributed by atoms with Crippen molar-refractivity contribution in [3.63, 3.8) is 0 Å². The van der Waals surface area contributed by atoms with Crippen LogP contribution in [0.3, 0.4) is 0 Å². The lowest BCUT2D eigenvalue weighted by Crippen LogP contribution is -2.53. The molecular formula is C33H52O2. The van der Waals surface area contributed by atoms with Gasteiger partial charge in [0.15, 0.2) is 0 Å². The molecular weight excluding hydrogens is 428 g/mol. The van der Waals surface area contributed by atoms with Crippen LogP contribution in [0.25, 0.3) is 0 Å². The fraction of sp³-hybridized carbons (Fsp3) is 0.788. The first kappa shape index (κ1) is 26.7. The van der Waals surface area contributed by atoms with Crippen molar-refractivity contribution >= 4 is 5.97 Å². The van der Waals surface area contributed by atoms with Crippen molar-refractivity contribution in [2.45, 2.75) is 120 Å². The number of allylic oxidation sites excluding steroid dienone is 5. The standard InChI is InChI=1S/C33H52O2/c1-21(2)11-13-28(35-24(5)34)23(4)25-16-19-33(10)27-12-14-29-30(6,7)22(3)15-18-31(29,8)26(27)17-20-32(25,33)9/h11-12,17,22-23,25,28-29H,13-16,18-20H2,1-10H3/t22-,23+,25-,28+,29+,31-,32-,33+/m1/s1. The molecule has 4 aliphatic rings. The molecule has 0 spiro atoms. The van der Waals surface area contributed by atoms with Crippen LogP contribution in [0.1, 0.15) is 114 Å².